The quantitative estimate of drug-likeness (QED) is 0.845. The van der Waals surface area contributed by atoms with Gasteiger partial charge in [-0.15, -0.1) is 0 Å². The number of carbonyl (C=O) groups excluding carboxylic acids is 2. The molecule has 1 aromatic heterocycles. The predicted octanol–water partition coefficient (Wildman–Crippen LogP) is 1.99. The summed E-state index contributed by atoms with van der Waals surface area (Å²) in [6.45, 7) is 1.62. The van der Waals surface area contributed by atoms with Gasteiger partial charge in [0.25, 0.3) is 0 Å². The van der Waals surface area contributed by atoms with Gasteiger partial charge in [0.05, 0.1) is 24.6 Å². The van der Waals surface area contributed by atoms with Crippen molar-refractivity contribution in [3.8, 4) is 0 Å². The molecule has 0 saturated heterocycles. The van der Waals surface area contributed by atoms with Crippen molar-refractivity contribution in [1.82, 2.24) is 4.98 Å². The molecule has 6 nitrogen and oxygen atoms in total. The molecule has 0 atom stereocenters. The first kappa shape index (κ1) is 14.8. The van der Waals surface area contributed by atoms with Crippen molar-refractivity contribution in [3.63, 3.8) is 0 Å². The van der Waals surface area contributed by atoms with Gasteiger partial charge in [-0.05, 0) is 13.0 Å². The fourth-order valence-electron chi connectivity index (χ4n) is 1.99. The molecule has 0 amide bonds. The molecule has 8 heteroatoms. The van der Waals surface area contributed by atoms with Crippen molar-refractivity contribution in [2.24, 2.45) is 0 Å². The Labute approximate surface area is 117 Å². The van der Waals surface area contributed by atoms with Gasteiger partial charge in [0.2, 0.25) is 0 Å². The molecule has 0 saturated carbocycles. The summed E-state index contributed by atoms with van der Waals surface area (Å²) < 4.78 is 37.2. The normalized spacial score (nSPS) is 10.7. The summed E-state index contributed by atoms with van der Waals surface area (Å²) in [5.41, 5.74) is 4.69. The van der Waals surface area contributed by atoms with Crippen LogP contribution in [0.25, 0.3) is 10.9 Å². The zero-order valence-corrected chi connectivity index (χ0v) is 11.3. The molecular formula is C13H12F2N2O4. The Hall–Kier alpha value is -2.64. The van der Waals surface area contributed by atoms with Crippen LogP contribution in [0.5, 0.6) is 0 Å². The molecule has 0 bridgehead atoms. The summed E-state index contributed by atoms with van der Waals surface area (Å²) in [6, 6.07) is 1.03. The lowest BCUT2D eigenvalue weighted by Crippen LogP contribution is -2.09. The maximum absolute atomic E-state index is 14.2. The number of hydrogen-bond donors (Lipinski definition) is 2. The van der Waals surface area contributed by atoms with Crippen molar-refractivity contribution in [2.45, 2.75) is 6.92 Å². The largest absolute Gasteiger partial charge is 0.465 e. The number of esters is 2. The second kappa shape index (κ2) is 5.39. The monoisotopic (exact) mass is 298 g/mol. The van der Waals surface area contributed by atoms with Crippen LogP contribution in [0.1, 0.15) is 27.6 Å². The van der Waals surface area contributed by atoms with E-state index >= 15 is 0 Å². The molecule has 0 spiro atoms. The van der Waals surface area contributed by atoms with Gasteiger partial charge in [-0.25, -0.2) is 18.4 Å². The van der Waals surface area contributed by atoms with Crippen LogP contribution in [-0.2, 0) is 9.47 Å². The van der Waals surface area contributed by atoms with Crippen LogP contribution < -0.4 is 5.73 Å². The lowest BCUT2D eigenvalue weighted by Gasteiger charge is -2.05. The number of H-pyrrole nitrogens is 1. The first-order chi connectivity index (χ1) is 9.92. The number of halogens is 2. The van der Waals surface area contributed by atoms with Gasteiger partial charge < -0.3 is 20.2 Å². The molecule has 0 aliphatic carbocycles. The predicted molar refractivity (Wildman–Crippen MR) is 69.9 cm³/mol. The maximum atomic E-state index is 14.2. The Kier molecular flexibility index (Phi) is 3.79. The van der Waals surface area contributed by atoms with E-state index in [4.69, 9.17) is 10.5 Å². The van der Waals surface area contributed by atoms with Crippen molar-refractivity contribution >= 4 is 28.7 Å². The highest BCUT2D eigenvalue weighted by molar-refractivity contribution is 6.10. The van der Waals surface area contributed by atoms with E-state index in [2.05, 4.69) is 9.72 Å². The van der Waals surface area contributed by atoms with Crippen LogP contribution in [0, 0.1) is 11.6 Å². The molecule has 1 aromatic carbocycles. The Morgan fingerprint density at radius 2 is 1.95 bits per heavy atom. The zero-order chi connectivity index (χ0) is 15.7. The number of aromatic amines is 1. The summed E-state index contributed by atoms with van der Waals surface area (Å²) in [6.07, 6.45) is 0. The van der Waals surface area contributed by atoms with Gasteiger partial charge in [0, 0.05) is 0 Å². The molecule has 2 rings (SSSR count). The Morgan fingerprint density at radius 3 is 2.52 bits per heavy atom. The average Bonchev–Trinajstić information content (AvgIpc) is 2.78. The first-order valence-corrected chi connectivity index (χ1v) is 5.96. The molecule has 0 unspecified atom stereocenters. The molecule has 112 valence electrons. The molecule has 3 N–H and O–H groups in total. The van der Waals surface area contributed by atoms with E-state index in [1.54, 1.807) is 6.92 Å². The smallest absolute Gasteiger partial charge is 0.342 e. The van der Waals surface area contributed by atoms with Crippen LogP contribution in [-0.4, -0.2) is 30.6 Å². The van der Waals surface area contributed by atoms with Crippen molar-refractivity contribution in [2.75, 3.05) is 19.5 Å². The number of carbonyl (C=O) groups is 2. The number of fused-ring (bicyclic) bond motifs is 1. The van der Waals surface area contributed by atoms with Crippen LogP contribution in [0.3, 0.4) is 0 Å². The second-order valence-corrected chi connectivity index (χ2v) is 4.10. The van der Waals surface area contributed by atoms with E-state index in [1.807, 2.05) is 0 Å². The fourth-order valence-corrected chi connectivity index (χ4v) is 1.99. The van der Waals surface area contributed by atoms with Crippen molar-refractivity contribution in [1.29, 1.82) is 0 Å². The van der Waals surface area contributed by atoms with Gasteiger partial charge in [-0.3, -0.25) is 0 Å². The van der Waals surface area contributed by atoms with E-state index in [0.717, 1.165) is 13.2 Å². The topological polar surface area (TPSA) is 94.4 Å². The van der Waals surface area contributed by atoms with E-state index in [0.29, 0.717) is 0 Å². The molecule has 0 aliphatic rings. The molecule has 2 aromatic rings. The molecule has 1 heterocycles. The third-order valence-corrected chi connectivity index (χ3v) is 2.88. The summed E-state index contributed by atoms with van der Waals surface area (Å²) in [4.78, 5) is 25.7. The van der Waals surface area contributed by atoms with Gasteiger partial charge in [0.15, 0.2) is 11.6 Å². The lowest BCUT2D eigenvalue weighted by molar-refractivity contribution is 0.0528. The molecular weight excluding hydrogens is 286 g/mol. The number of nitrogens with two attached hydrogens (primary N) is 1. The lowest BCUT2D eigenvalue weighted by atomic mass is 10.1. The Bertz CT molecular complexity index is 740. The van der Waals surface area contributed by atoms with Crippen LogP contribution in [0.2, 0.25) is 0 Å². The second-order valence-electron chi connectivity index (χ2n) is 4.10. The van der Waals surface area contributed by atoms with E-state index < -0.39 is 29.1 Å². The number of methoxy groups -OCH3 is 1. The standard InChI is InChI=1S/C13H12F2N2O4/c1-3-21-13(19)8-7-6(17-11(8)16)4-5(12(18)20-2)9(14)10(7)15/h4,17H,3,16H2,1-2H3. The molecule has 0 aliphatic heterocycles. The van der Waals surface area contributed by atoms with E-state index in [1.165, 1.54) is 0 Å². The number of rotatable bonds is 3. The number of nitrogen functional groups attached to an aromatic ring is 1. The Balaban J connectivity index is 2.76. The fraction of sp³-hybridized carbons (Fsp3) is 0.231. The first-order valence-electron chi connectivity index (χ1n) is 5.96. The highest BCUT2D eigenvalue weighted by Gasteiger charge is 2.27. The number of aromatic nitrogens is 1. The summed E-state index contributed by atoms with van der Waals surface area (Å²) in [5, 5.41) is -0.365. The van der Waals surface area contributed by atoms with Gasteiger partial charge in [0.1, 0.15) is 16.9 Å². The summed E-state index contributed by atoms with van der Waals surface area (Å²) in [5.74, 6) is -4.89. The highest BCUT2D eigenvalue weighted by Crippen LogP contribution is 2.31. The third kappa shape index (κ3) is 2.28. The number of nitrogens with one attached hydrogen (secondary N) is 1. The maximum Gasteiger partial charge on any atom is 0.342 e. The number of benzene rings is 1. The van der Waals surface area contributed by atoms with Gasteiger partial charge in [-0.2, -0.15) is 0 Å². The van der Waals surface area contributed by atoms with Crippen LogP contribution in [0.4, 0.5) is 14.6 Å². The average molecular weight is 298 g/mol. The summed E-state index contributed by atoms with van der Waals surface area (Å²) >= 11 is 0. The van der Waals surface area contributed by atoms with Crippen LogP contribution in [0.15, 0.2) is 6.07 Å². The minimum Gasteiger partial charge on any atom is -0.465 e. The Morgan fingerprint density at radius 1 is 1.29 bits per heavy atom. The van der Waals surface area contributed by atoms with E-state index in [-0.39, 0.29) is 28.9 Å². The highest BCUT2D eigenvalue weighted by atomic mass is 19.2. The minimum absolute atomic E-state index is 0.00477. The van der Waals surface area contributed by atoms with Crippen LogP contribution >= 0.6 is 0 Å². The van der Waals surface area contributed by atoms with Gasteiger partial charge in [-0.1, -0.05) is 0 Å². The molecule has 0 fully saturated rings. The molecule has 21 heavy (non-hydrogen) atoms. The number of ether oxygens (including phenoxy) is 2. The van der Waals surface area contributed by atoms with Crippen molar-refractivity contribution in [3.05, 3.63) is 28.8 Å². The van der Waals surface area contributed by atoms with E-state index in [9.17, 15) is 18.4 Å². The number of hydrogen-bond acceptors (Lipinski definition) is 5. The minimum atomic E-state index is -1.42. The van der Waals surface area contributed by atoms with Crippen molar-refractivity contribution < 1.29 is 27.8 Å². The SMILES string of the molecule is CCOC(=O)c1c(N)[nH]c2cc(C(=O)OC)c(F)c(F)c12. The summed E-state index contributed by atoms with van der Waals surface area (Å²) in [7, 11) is 1.04. The zero-order valence-electron chi connectivity index (χ0n) is 11.3. The van der Waals surface area contributed by atoms with Gasteiger partial charge >= 0.3 is 11.9 Å². The molecule has 0 radical (unpaired) electrons. The number of anilines is 1. The third-order valence-electron chi connectivity index (χ3n) is 2.88.